The first-order valence-corrected chi connectivity index (χ1v) is 34.8. The van der Waals surface area contributed by atoms with Crippen molar-refractivity contribution in [2.75, 3.05) is 14.7 Å². The van der Waals surface area contributed by atoms with Gasteiger partial charge in [0.05, 0.1) is 23.1 Å². The van der Waals surface area contributed by atoms with E-state index in [0.29, 0.717) is 5.92 Å². The Morgan fingerprint density at radius 3 is 1.39 bits per heavy atom. The standard InChI is InChI=1S/C93H81N3/c1-89(2)76-28-19-17-26-72(76)74-50-40-62(52-80(74)89)58-32-42-68(43-33-58)94(66-22-13-11-14-23-66)70-46-36-60(37-47-70)64-54-82-87-84(56-64)93(9,10)85-57-65(55-83-88(85)96(87)86-78(91(82,5)6)30-21-31-79(86)92(83,7)8)61-38-48-71(49-39-61)95(67-24-15-12-16-25-67)69-44-34-59(35-45-69)63-41-51-75-73-27-18-20-29-77(73)90(3,4)81(75)53-63/h11-48,50-52,54-57,71,81H,49,53H2,1-10H3. The lowest BCUT2D eigenvalue weighted by molar-refractivity contribution is 0.418. The number of hydrogen-bond acceptors (Lipinski definition) is 3. The third-order valence-corrected chi connectivity index (χ3v) is 23.8. The van der Waals surface area contributed by atoms with E-state index >= 15 is 0 Å². The Bertz CT molecular complexity index is 5180. The van der Waals surface area contributed by atoms with Crippen molar-refractivity contribution in [3.8, 4) is 33.4 Å². The third kappa shape index (κ3) is 8.51. The fourth-order valence-corrected chi connectivity index (χ4v) is 18.4. The quantitative estimate of drug-likeness (QED) is 0.135. The zero-order valence-corrected chi connectivity index (χ0v) is 56.9. The largest absolute Gasteiger partial charge is 0.334 e. The highest BCUT2D eigenvalue weighted by molar-refractivity contribution is 6.01. The first kappa shape index (κ1) is 58.4. The second kappa shape index (κ2) is 20.9. The summed E-state index contributed by atoms with van der Waals surface area (Å²) in [6.07, 6.45) is 14.1. The molecule has 3 heterocycles. The zero-order valence-electron chi connectivity index (χ0n) is 56.9. The maximum absolute atomic E-state index is 2.71. The highest BCUT2D eigenvalue weighted by Crippen LogP contribution is 2.67. The predicted molar refractivity (Wildman–Crippen MR) is 405 cm³/mol. The van der Waals surface area contributed by atoms with Crippen molar-refractivity contribution in [1.29, 1.82) is 0 Å². The average molecular weight is 1240 g/mol. The van der Waals surface area contributed by atoms with Crippen LogP contribution < -0.4 is 14.7 Å². The molecule has 4 aliphatic carbocycles. The summed E-state index contributed by atoms with van der Waals surface area (Å²) in [7, 11) is 0. The molecule has 3 nitrogen and oxygen atoms in total. The predicted octanol–water partition coefficient (Wildman–Crippen LogP) is 24.5. The van der Waals surface area contributed by atoms with Crippen LogP contribution in [0.25, 0.3) is 50.1 Å². The number of rotatable bonds is 10. The van der Waals surface area contributed by atoms with Crippen LogP contribution in [0.5, 0.6) is 0 Å². The van der Waals surface area contributed by atoms with Crippen molar-refractivity contribution < 1.29 is 0 Å². The summed E-state index contributed by atoms with van der Waals surface area (Å²) >= 11 is 0. The van der Waals surface area contributed by atoms with Gasteiger partial charge in [0.1, 0.15) is 0 Å². The van der Waals surface area contributed by atoms with Crippen molar-refractivity contribution in [3.63, 3.8) is 0 Å². The lowest BCUT2D eigenvalue weighted by Crippen LogP contribution is -2.43. The smallest absolute Gasteiger partial charge is 0.0560 e. The van der Waals surface area contributed by atoms with E-state index < -0.39 is 0 Å². The Kier molecular flexibility index (Phi) is 12.7. The SMILES string of the molecule is CC1(C)c2ccccc2-c2ccc(-c3ccc(N(c4ccccc4)c4ccc(-c5cc6c7c(c5)C(C)(C)c5cc(C8=CCC(N(c9ccccc9)c9ccc(C%10=CC=C%11c%12ccccc%12C(C)(C)C%11C%10)cc9)C=C8)cc8c5N7c5c(cccc5C6(C)C)C8(C)C)cc4)cc3)cc21. The number of allylic oxidation sites excluding steroid dienone is 6. The molecule has 0 saturated heterocycles. The maximum atomic E-state index is 2.71. The van der Waals surface area contributed by atoms with Crippen LogP contribution in [0.2, 0.25) is 0 Å². The van der Waals surface area contributed by atoms with E-state index in [1.807, 2.05) is 0 Å². The lowest BCUT2D eigenvalue weighted by Gasteiger charge is -2.55. The van der Waals surface area contributed by atoms with Gasteiger partial charge in [0, 0.05) is 50.1 Å². The summed E-state index contributed by atoms with van der Waals surface area (Å²) in [4.78, 5) is 7.64. The van der Waals surface area contributed by atoms with E-state index in [-0.39, 0.29) is 33.1 Å². The fraction of sp³-hybridized carbons (Fsp3) is 0.204. The molecule has 0 saturated carbocycles. The second-order valence-electron chi connectivity index (χ2n) is 30.9. The molecular formula is C93H81N3. The Morgan fingerprint density at radius 1 is 0.344 bits per heavy atom. The Balaban J connectivity index is 0.676. The van der Waals surface area contributed by atoms with Gasteiger partial charge in [-0.1, -0.05) is 251 Å². The maximum Gasteiger partial charge on any atom is 0.0560 e. The molecule has 0 bridgehead atoms. The van der Waals surface area contributed by atoms with Gasteiger partial charge in [-0.2, -0.15) is 0 Å². The number of hydrogen-bond donors (Lipinski definition) is 0. The molecule has 7 aliphatic rings. The number of benzene rings is 11. The van der Waals surface area contributed by atoms with Gasteiger partial charge < -0.3 is 14.7 Å². The summed E-state index contributed by atoms with van der Waals surface area (Å²) in [5, 5.41) is 0. The molecule has 11 aromatic carbocycles. The van der Waals surface area contributed by atoms with Crippen molar-refractivity contribution in [2.45, 2.75) is 115 Å². The van der Waals surface area contributed by atoms with Crippen molar-refractivity contribution in [3.05, 3.63) is 340 Å². The molecule has 0 N–H and O–H groups in total. The van der Waals surface area contributed by atoms with Gasteiger partial charge in [0.15, 0.2) is 0 Å². The van der Waals surface area contributed by atoms with E-state index in [4.69, 9.17) is 0 Å². The van der Waals surface area contributed by atoms with Gasteiger partial charge in [-0.3, -0.25) is 0 Å². The number of anilines is 8. The molecule has 2 atom stereocenters. The fourth-order valence-electron chi connectivity index (χ4n) is 18.4. The third-order valence-electron chi connectivity index (χ3n) is 23.8. The summed E-state index contributed by atoms with van der Waals surface area (Å²) in [6.45, 7) is 24.4. The first-order valence-electron chi connectivity index (χ1n) is 34.8. The Labute approximate surface area is 567 Å². The van der Waals surface area contributed by atoms with Crippen molar-refractivity contribution in [2.24, 2.45) is 5.92 Å². The van der Waals surface area contributed by atoms with Crippen LogP contribution in [0.3, 0.4) is 0 Å². The van der Waals surface area contributed by atoms with Crippen LogP contribution in [0.15, 0.2) is 273 Å². The van der Waals surface area contributed by atoms with Crippen LogP contribution in [-0.4, -0.2) is 6.04 Å². The van der Waals surface area contributed by atoms with Gasteiger partial charge in [0.2, 0.25) is 0 Å². The lowest BCUT2D eigenvalue weighted by atomic mass is 9.60. The first-order chi connectivity index (χ1) is 46.4. The normalized spacial score (nSPS) is 19.0. The van der Waals surface area contributed by atoms with Gasteiger partial charge in [-0.05, 0) is 232 Å². The van der Waals surface area contributed by atoms with Crippen LogP contribution in [0.4, 0.5) is 45.5 Å². The van der Waals surface area contributed by atoms with Crippen molar-refractivity contribution >= 4 is 62.2 Å². The highest BCUT2D eigenvalue weighted by atomic mass is 15.2. The number of para-hydroxylation sites is 3. The van der Waals surface area contributed by atoms with E-state index in [2.05, 4.69) is 357 Å². The summed E-state index contributed by atoms with van der Waals surface area (Å²) < 4.78 is 0. The molecule has 0 spiro atoms. The molecule has 3 aliphatic heterocycles. The average Bonchev–Trinajstić information content (AvgIpc) is 0.846. The van der Waals surface area contributed by atoms with Crippen molar-refractivity contribution in [1.82, 2.24) is 0 Å². The molecule has 0 fully saturated rings. The summed E-state index contributed by atoms with van der Waals surface area (Å²) in [5.74, 6) is 0.466. The Morgan fingerprint density at radius 2 is 0.781 bits per heavy atom. The monoisotopic (exact) mass is 1240 g/mol. The van der Waals surface area contributed by atoms with Gasteiger partial charge in [-0.25, -0.2) is 0 Å². The van der Waals surface area contributed by atoms with Crippen LogP contribution >= 0.6 is 0 Å². The van der Waals surface area contributed by atoms with Crippen LogP contribution in [0.1, 0.15) is 149 Å². The molecule has 3 heteroatoms. The van der Waals surface area contributed by atoms with Gasteiger partial charge in [0.25, 0.3) is 0 Å². The van der Waals surface area contributed by atoms with Gasteiger partial charge >= 0.3 is 0 Å². The summed E-state index contributed by atoms with van der Waals surface area (Å²) in [6, 6.07) is 92.2. The molecule has 2 unspecified atom stereocenters. The molecule has 18 rings (SSSR count). The van der Waals surface area contributed by atoms with E-state index in [0.717, 1.165) is 29.9 Å². The van der Waals surface area contributed by atoms with E-state index in [1.165, 1.54) is 145 Å². The Hall–Kier alpha value is -10.2. The second-order valence-corrected chi connectivity index (χ2v) is 30.9. The molecule has 0 aromatic heterocycles. The minimum Gasteiger partial charge on any atom is -0.334 e. The molecule has 96 heavy (non-hydrogen) atoms. The molecule has 11 aromatic rings. The van der Waals surface area contributed by atoms with Crippen LogP contribution in [0, 0.1) is 5.92 Å². The molecule has 468 valence electrons. The van der Waals surface area contributed by atoms with Crippen LogP contribution in [-0.2, 0) is 27.1 Å². The topological polar surface area (TPSA) is 9.72 Å². The van der Waals surface area contributed by atoms with E-state index in [1.54, 1.807) is 0 Å². The molecule has 0 radical (unpaired) electrons. The highest BCUT2D eigenvalue weighted by Gasteiger charge is 2.52. The minimum atomic E-state index is -0.341. The molecule has 0 amide bonds. The summed E-state index contributed by atoms with van der Waals surface area (Å²) in [5.41, 5.74) is 37.4. The number of fused-ring (bicyclic) bond motifs is 6. The number of nitrogens with zero attached hydrogens (tertiary/aromatic N) is 3. The minimum absolute atomic E-state index is 0.0554. The van der Waals surface area contributed by atoms with E-state index in [9.17, 15) is 0 Å². The molecular weight excluding hydrogens is 1160 g/mol. The van der Waals surface area contributed by atoms with Gasteiger partial charge in [-0.15, -0.1) is 0 Å². The zero-order chi connectivity index (χ0) is 65.4.